The van der Waals surface area contributed by atoms with Crippen LogP contribution in [0.25, 0.3) is 10.9 Å². The van der Waals surface area contributed by atoms with Gasteiger partial charge in [-0.1, -0.05) is 35.9 Å². The van der Waals surface area contributed by atoms with E-state index in [0.29, 0.717) is 53.7 Å². The standard InChI is InChI=1S/C27H23ClF2N4O2S/c28-21-8-6-20(22(29)16-21)17-33-11-13-34(14-12-33)27(35)19-7-9-24(23(30)15-19)32-37(36)25-5-1-3-18-4-2-10-31-26(18)25/h1-10,15-16,32H,11-14,17H2. The molecular weight excluding hydrogens is 518 g/mol. The summed E-state index contributed by atoms with van der Waals surface area (Å²) in [5.74, 6) is -1.32. The molecule has 1 amide bonds. The molecule has 5 rings (SSSR count). The number of piperazine rings is 1. The van der Waals surface area contributed by atoms with Crippen LogP contribution in [0, 0.1) is 11.6 Å². The quantitative estimate of drug-likeness (QED) is 0.362. The van der Waals surface area contributed by atoms with E-state index >= 15 is 0 Å². The minimum Gasteiger partial charge on any atom is -0.336 e. The summed E-state index contributed by atoms with van der Waals surface area (Å²) in [6.07, 6.45) is 1.61. The molecule has 2 heterocycles. The maximum atomic E-state index is 14.9. The molecule has 1 aliphatic heterocycles. The zero-order valence-electron chi connectivity index (χ0n) is 19.7. The molecular formula is C27H23ClF2N4O2S. The Kier molecular flexibility index (Phi) is 7.45. The monoisotopic (exact) mass is 540 g/mol. The van der Waals surface area contributed by atoms with E-state index in [-0.39, 0.29) is 23.0 Å². The Bertz CT molecular complexity index is 1490. The van der Waals surface area contributed by atoms with Crippen molar-refractivity contribution in [2.45, 2.75) is 11.4 Å². The lowest BCUT2D eigenvalue weighted by molar-refractivity contribution is 0.0626. The second-order valence-electron chi connectivity index (χ2n) is 8.70. The van der Waals surface area contributed by atoms with Crippen LogP contribution < -0.4 is 4.72 Å². The minimum absolute atomic E-state index is 0.0256. The van der Waals surface area contributed by atoms with Gasteiger partial charge in [0.1, 0.15) is 11.6 Å². The molecule has 1 aliphatic rings. The van der Waals surface area contributed by atoms with Crippen molar-refractivity contribution in [1.82, 2.24) is 14.8 Å². The number of carbonyl (C=O) groups excluding carboxylic acids is 1. The first-order chi connectivity index (χ1) is 17.9. The molecule has 0 spiro atoms. The SMILES string of the molecule is O=C(c1ccc(NS(=O)c2cccc3cccnc23)c(F)c1)N1CCN(Cc2ccc(Cl)cc2F)CC1. The van der Waals surface area contributed by atoms with Crippen molar-refractivity contribution >= 4 is 45.1 Å². The molecule has 6 nitrogen and oxygen atoms in total. The number of nitrogens with one attached hydrogen (secondary N) is 1. The molecule has 1 aromatic heterocycles. The lowest BCUT2D eigenvalue weighted by Gasteiger charge is -2.35. The van der Waals surface area contributed by atoms with Crippen LogP contribution in [0.15, 0.2) is 77.8 Å². The maximum Gasteiger partial charge on any atom is 0.254 e. The molecule has 0 bridgehead atoms. The third kappa shape index (κ3) is 5.64. The average molecular weight is 541 g/mol. The summed E-state index contributed by atoms with van der Waals surface area (Å²) in [4.78, 5) is 21.4. The maximum absolute atomic E-state index is 14.9. The lowest BCUT2D eigenvalue weighted by atomic mass is 10.1. The van der Waals surface area contributed by atoms with E-state index in [1.165, 1.54) is 18.2 Å². The fourth-order valence-electron chi connectivity index (χ4n) is 4.29. The predicted molar refractivity (Wildman–Crippen MR) is 141 cm³/mol. The van der Waals surface area contributed by atoms with Crippen molar-refractivity contribution in [3.63, 3.8) is 0 Å². The van der Waals surface area contributed by atoms with Crippen molar-refractivity contribution in [2.24, 2.45) is 0 Å². The number of anilines is 1. The lowest BCUT2D eigenvalue weighted by Crippen LogP contribution is -2.48. The van der Waals surface area contributed by atoms with Crippen LogP contribution in [0.2, 0.25) is 5.02 Å². The van der Waals surface area contributed by atoms with Gasteiger partial charge in [0.25, 0.3) is 5.91 Å². The van der Waals surface area contributed by atoms with Crippen LogP contribution in [-0.4, -0.2) is 51.1 Å². The summed E-state index contributed by atoms with van der Waals surface area (Å²) in [5, 5.41) is 1.18. The average Bonchev–Trinajstić information content (AvgIpc) is 2.91. The number of rotatable bonds is 6. The van der Waals surface area contributed by atoms with E-state index < -0.39 is 16.8 Å². The summed E-state index contributed by atoms with van der Waals surface area (Å²) in [6, 6.07) is 17.6. The van der Waals surface area contributed by atoms with Crippen molar-refractivity contribution < 1.29 is 17.8 Å². The smallest absolute Gasteiger partial charge is 0.254 e. The van der Waals surface area contributed by atoms with Gasteiger partial charge >= 0.3 is 0 Å². The van der Waals surface area contributed by atoms with E-state index in [1.807, 2.05) is 12.1 Å². The molecule has 37 heavy (non-hydrogen) atoms. The number of para-hydroxylation sites is 1. The van der Waals surface area contributed by atoms with E-state index in [2.05, 4.69) is 14.6 Å². The van der Waals surface area contributed by atoms with Crippen LogP contribution in [0.5, 0.6) is 0 Å². The topological polar surface area (TPSA) is 65.5 Å². The van der Waals surface area contributed by atoms with Crippen LogP contribution in [0.1, 0.15) is 15.9 Å². The predicted octanol–water partition coefficient (Wildman–Crippen LogP) is 5.26. The Balaban J connectivity index is 1.22. The summed E-state index contributed by atoms with van der Waals surface area (Å²) in [6.45, 7) is 2.42. The molecule has 1 unspecified atom stereocenters. The van der Waals surface area contributed by atoms with Gasteiger partial charge in [-0.3, -0.25) is 19.4 Å². The van der Waals surface area contributed by atoms with E-state index in [4.69, 9.17) is 11.6 Å². The summed E-state index contributed by atoms with van der Waals surface area (Å²) >= 11 is 5.82. The van der Waals surface area contributed by atoms with Crippen LogP contribution in [0.4, 0.5) is 14.5 Å². The number of carbonyl (C=O) groups is 1. The number of benzene rings is 3. The molecule has 1 fully saturated rings. The summed E-state index contributed by atoms with van der Waals surface area (Å²) < 4.78 is 44.6. The Labute approximate surface area is 220 Å². The second-order valence-corrected chi connectivity index (χ2v) is 10.3. The molecule has 1 N–H and O–H groups in total. The molecule has 10 heteroatoms. The number of pyridine rings is 1. The molecule has 4 aromatic rings. The zero-order valence-corrected chi connectivity index (χ0v) is 21.2. The molecule has 1 atom stereocenters. The Morgan fingerprint density at radius 3 is 2.51 bits per heavy atom. The second kappa shape index (κ2) is 10.9. The van der Waals surface area contributed by atoms with Gasteiger partial charge in [-0.15, -0.1) is 0 Å². The van der Waals surface area contributed by atoms with Crippen molar-refractivity contribution in [1.29, 1.82) is 0 Å². The highest BCUT2D eigenvalue weighted by Gasteiger charge is 2.24. The minimum atomic E-state index is -1.75. The van der Waals surface area contributed by atoms with Gasteiger partial charge in [0.15, 0.2) is 11.0 Å². The van der Waals surface area contributed by atoms with Crippen molar-refractivity contribution in [3.05, 3.63) is 101 Å². The normalized spacial score (nSPS) is 15.1. The van der Waals surface area contributed by atoms with E-state index in [0.717, 1.165) is 11.5 Å². The van der Waals surface area contributed by atoms with Gasteiger partial charge in [0, 0.05) is 60.5 Å². The number of aromatic nitrogens is 1. The summed E-state index contributed by atoms with van der Waals surface area (Å²) in [7, 11) is -1.75. The van der Waals surface area contributed by atoms with E-state index in [1.54, 1.807) is 41.4 Å². The summed E-state index contributed by atoms with van der Waals surface area (Å²) in [5.41, 5.74) is 1.35. The number of hydrogen-bond donors (Lipinski definition) is 1. The molecule has 0 radical (unpaired) electrons. The van der Waals surface area contributed by atoms with Crippen molar-refractivity contribution in [2.75, 3.05) is 30.9 Å². The number of hydrogen-bond acceptors (Lipinski definition) is 4. The fourth-order valence-corrected chi connectivity index (χ4v) is 5.48. The molecule has 3 aromatic carbocycles. The first-order valence-electron chi connectivity index (χ1n) is 11.7. The first kappa shape index (κ1) is 25.3. The highest BCUT2D eigenvalue weighted by atomic mass is 35.5. The van der Waals surface area contributed by atoms with Gasteiger partial charge in [-0.2, -0.15) is 0 Å². The molecule has 0 saturated carbocycles. The number of fused-ring (bicyclic) bond motifs is 1. The number of halogens is 3. The zero-order chi connectivity index (χ0) is 25.9. The Hall–Kier alpha value is -3.40. The fraction of sp³-hybridized carbons (Fsp3) is 0.185. The highest BCUT2D eigenvalue weighted by Crippen LogP contribution is 2.24. The van der Waals surface area contributed by atoms with Gasteiger partial charge in [-0.05, 0) is 42.5 Å². The molecule has 190 valence electrons. The van der Waals surface area contributed by atoms with E-state index in [9.17, 15) is 17.8 Å². The Morgan fingerprint density at radius 1 is 0.973 bits per heavy atom. The van der Waals surface area contributed by atoms with Crippen LogP contribution >= 0.6 is 11.6 Å². The highest BCUT2D eigenvalue weighted by molar-refractivity contribution is 7.86. The van der Waals surface area contributed by atoms with Gasteiger partial charge in [0.05, 0.1) is 16.1 Å². The van der Waals surface area contributed by atoms with Crippen molar-refractivity contribution in [3.8, 4) is 0 Å². The largest absolute Gasteiger partial charge is 0.336 e. The number of amides is 1. The van der Waals surface area contributed by atoms with Gasteiger partial charge in [-0.25, -0.2) is 13.0 Å². The van der Waals surface area contributed by atoms with Crippen LogP contribution in [-0.2, 0) is 17.5 Å². The van der Waals surface area contributed by atoms with Gasteiger partial charge < -0.3 is 4.90 Å². The van der Waals surface area contributed by atoms with Gasteiger partial charge in [0.2, 0.25) is 0 Å². The number of nitrogens with zero attached hydrogens (tertiary/aromatic N) is 3. The third-order valence-corrected chi connectivity index (χ3v) is 7.65. The third-order valence-electron chi connectivity index (χ3n) is 6.28. The first-order valence-corrected chi connectivity index (χ1v) is 13.2. The molecule has 0 aliphatic carbocycles. The Morgan fingerprint density at radius 2 is 1.76 bits per heavy atom. The molecule has 1 saturated heterocycles. The van der Waals surface area contributed by atoms with Crippen LogP contribution in [0.3, 0.4) is 0 Å².